The zero-order chi connectivity index (χ0) is 19.6. The van der Waals surface area contributed by atoms with Gasteiger partial charge in [0, 0.05) is 6.07 Å². The van der Waals surface area contributed by atoms with Gasteiger partial charge in [-0.05, 0) is 34.6 Å². The number of halogens is 2. The number of nitrogens with zero attached hydrogens (tertiary/aromatic N) is 3. The van der Waals surface area contributed by atoms with E-state index in [1.807, 2.05) is 0 Å². The van der Waals surface area contributed by atoms with Gasteiger partial charge in [-0.2, -0.15) is 0 Å². The van der Waals surface area contributed by atoms with Crippen LogP contribution in [0.25, 0.3) is 11.0 Å². The van der Waals surface area contributed by atoms with Gasteiger partial charge in [0.1, 0.15) is 40.4 Å². The lowest BCUT2D eigenvalue weighted by Gasteiger charge is -2.20. The normalized spacial score (nSPS) is 12.9. The second-order valence-electron chi connectivity index (χ2n) is 6.64. The molecule has 0 fully saturated rings. The van der Waals surface area contributed by atoms with Gasteiger partial charge in [0.05, 0.1) is 12.1 Å². The van der Waals surface area contributed by atoms with Crippen LogP contribution in [0, 0.1) is 0 Å². The zero-order valence-corrected chi connectivity index (χ0v) is 16.1. The molecule has 0 N–H and O–H groups in total. The lowest BCUT2D eigenvalue weighted by molar-refractivity contribution is -0.142. The standard InChI is InChI=1S/C17H21ClFN3O4/c1-6-25-13(23)8-12-21-15-10(7-11(18)20-14(15)9(2)19)22(12)16(24)26-17(3,4)5/h7,9H,6,8H2,1-5H3. The van der Waals surface area contributed by atoms with Crippen molar-refractivity contribution < 1.29 is 23.5 Å². The molecule has 2 rings (SSSR count). The Kier molecular flexibility index (Phi) is 5.85. The molecule has 7 nitrogen and oxygen atoms in total. The molecular formula is C17H21ClFN3O4. The highest BCUT2D eigenvalue weighted by Crippen LogP contribution is 2.29. The molecule has 0 amide bonds. The summed E-state index contributed by atoms with van der Waals surface area (Å²) in [7, 11) is 0. The third-order valence-corrected chi connectivity index (χ3v) is 3.46. The molecule has 2 aromatic rings. The summed E-state index contributed by atoms with van der Waals surface area (Å²) in [6.45, 7) is 8.26. The minimum Gasteiger partial charge on any atom is -0.466 e. The average molecular weight is 386 g/mol. The Morgan fingerprint density at radius 1 is 1.35 bits per heavy atom. The van der Waals surface area contributed by atoms with Crippen LogP contribution >= 0.6 is 11.6 Å². The minimum atomic E-state index is -1.46. The van der Waals surface area contributed by atoms with Gasteiger partial charge >= 0.3 is 12.1 Å². The Hall–Kier alpha value is -2.22. The fourth-order valence-electron chi connectivity index (χ4n) is 2.36. The van der Waals surface area contributed by atoms with Crippen LogP contribution < -0.4 is 0 Å². The maximum Gasteiger partial charge on any atom is 0.420 e. The number of fused-ring (bicyclic) bond motifs is 1. The number of carbonyl (C=O) groups is 2. The maximum atomic E-state index is 14.0. The van der Waals surface area contributed by atoms with E-state index in [4.69, 9.17) is 21.1 Å². The molecule has 0 aromatic carbocycles. The molecule has 0 aliphatic carbocycles. The van der Waals surface area contributed by atoms with Crippen molar-refractivity contribution in [2.24, 2.45) is 0 Å². The highest BCUT2D eigenvalue weighted by molar-refractivity contribution is 6.30. The Balaban J connectivity index is 2.67. The van der Waals surface area contributed by atoms with E-state index in [1.54, 1.807) is 27.7 Å². The molecule has 2 aromatic heterocycles. The van der Waals surface area contributed by atoms with Gasteiger partial charge in [-0.1, -0.05) is 11.6 Å². The molecule has 9 heteroatoms. The smallest absolute Gasteiger partial charge is 0.420 e. The molecule has 0 radical (unpaired) electrons. The molecule has 26 heavy (non-hydrogen) atoms. The Morgan fingerprint density at radius 2 is 2.00 bits per heavy atom. The number of imidazole rings is 1. The van der Waals surface area contributed by atoms with Crippen molar-refractivity contribution in [2.45, 2.75) is 52.8 Å². The van der Waals surface area contributed by atoms with Crippen molar-refractivity contribution >= 4 is 34.7 Å². The quantitative estimate of drug-likeness (QED) is 0.584. The molecule has 1 atom stereocenters. The van der Waals surface area contributed by atoms with Gasteiger partial charge in [0.2, 0.25) is 0 Å². The SMILES string of the molecule is CCOC(=O)Cc1nc2c(C(C)F)nc(Cl)cc2n1C(=O)OC(C)(C)C. The first-order chi connectivity index (χ1) is 12.0. The number of ether oxygens (including phenoxy) is 2. The molecule has 0 aliphatic rings. The lowest BCUT2D eigenvalue weighted by Crippen LogP contribution is -2.28. The molecular weight excluding hydrogens is 365 g/mol. The Labute approximate surface area is 155 Å². The van der Waals surface area contributed by atoms with E-state index >= 15 is 0 Å². The third kappa shape index (κ3) is 4.49. The van der Waals surface area contributed by atoms with Crippen molar-refractivity contribution in [1.29, 1.82) is 0 Å². The van der Waals surface area contributed by atoms with E-state index in [0.717, 1.165) is 4.57 Å². The Morgan fingerprint density at radius 3 is 2.54 bits per heavy atom. The second kappa shape index (κ2) is 7.57. The van der Waals surface area contributed by atoms with Gasteiger partial charge in [0.25, 0.3) is 0 Å². The van der Waals surface area contributed by atoms with Crippen molar-refractivity contribution in [3.63, 3.8) is 0 Å². The van der Waals surface area contributed by atoms with Crippen LogP contribution in [0.1, 0.15) is 52.3 Å². The summed E-state index contributed by atoms with van der Waals surface area (Å²) >= 11 is 5.98. The molecule has 0 saturated heterocycles. The zero-order valence-electron chi connectivity index (χ0n) is 15.3. The van der Waals surface area contributed by atoms with E-state index in [2.05, 4.69) is 9.97 Å². The molecule has 0 spiro atoms. The Bertz CT molecular complexity index is 843. The van der Waals surface area contributed by atoms with Crippen LogP contribution in [0.3, 0.4) is 0 Å². The van der Waals surface area contributed by atoms with E-state index in [-0.39, 0.29) is 40.7 Å². The predicted molar refractivity (Wildman–Crippen MR) is 94.0 cm³/mol. The highest BCUT2D eigenvalue weighted by Gasteiger charge is 2.27. The van der Waals surface area contributed by atoms with Gasteiger partial charge in [-0.25, -0.2) is 23.7 Å². The molecule has 142 valence electrons. The minimum absolute atomic E-state index is 0.00407. The van der Waals surface area contributed by atoms with Gasteiger partial charge in [0.15, 0.2) is 0 Å². The molecule has 0 aliphatic heterocycles. The third-order valence-electron chi connectivity index (χ3n) is 3.27. The predicted octanol–water partition coefficient (Wildman–Crippen LogP) is 4.00. The first kappa shape index (κ1) is 20.1. The summed E-state index contributed by atoms with van der Waals surface area (Å²) in [5.74, 6) is -0.500. The van der Waals surface area contributed by atoms with Crippen LogP contribution in [0.15, 0.2) is 6.07 Å². The van der Waals surface area contributed by atoms with Crippen LogP contribution in [0.4, 0.5) is 9.18 Å². The number of rotatable bonds is 4. The maximum absolute atomic E-state index is 14.0. The highest BCUT2D eigenvalue weighted by atomic mass is 35.5. The summed E-state index contributed by atoms with van der Waals surface area (Å²) in [6, 6.07) is 1.38. The first-order valence-electron chi connectivity index (χ1n) is 8.14. The van der Waals surface area contributed by atoms with Crippen LogP contribution in [-0.4, -0.2) is 38.8 Å². The van der Waals surface area contributed by atoms with Crippen molar-refractivity contribution in [2.75, 3.05) is 6.61 Å². The van der Waals surface area contributed by atoms with Crippen LogP contribution in [0.2, 0.25) is 5.15 Å². The lowest BCUT2D eigenvalue weighted by atomic mass is 10.2. The van der Waals surface area contributed by atoms with E-state index in [0.29, 0.717) is 0 Å². The van der Waals surface area contributed by atoms with Crippen molar-refractivity contribution in [3.05, 3.63) is 22.7 Å². The van der Waals surface area contributed by atoms with Crippen molar-refractivity contribution in [1.82, 2.24) is 14.5 Å². The number of hydrogen-bond acceptors (Lipinski definition) is 6. The number of carbonyl (C=O) groups excluding carboxylic acids is 2. The van der Waals surface area contributed by atoms with Gasteiger partial charge in [-0.15, -0.1) is 0 Å². The number of esters is 1. The van der Waals surface area contributed by atoms with Crippen LogP contribution in [0.5, 0.6) is 0 Å². The number of hydrogen-bond donors (Lipinski definition) is 0. The summed E-state index contributed by atoms with van der Waals surface area (Å²) in [5.41, 5.74) is -0.422. The average Bonchev–Trinajstić information content (AvgIpc) is 2.82. The van der Waals surface area contributed by atoms with Gasteiger partial charge in [-0.3, -0.25) is 4.79 Å². The monoisotopic (exact) mass is 385 g/mol. The molecule has 1 unspecified atom stereocenters. The van der Waals surface area contributed by atoms with E-state index in [1.165, 1.54) is 13.0 Å². The topological polar surface area (TPSA) is 83.3 Å². The second-order valence-corrected chi connectivity index (χ2v) is 7.03. The molecule has 2 heterocycles. The fourth-order valence-corrected chi connectivity index (χ4v) is 2.56. The number of pyridine rings is 1. The summed E-state index contributed by atoms with van der Waals surface area (Å²) in [5, 5.41) is 0.00407. The van der Waals surface area contributed by atoms with E-state index in [9.17, 15) is 14.0 Å². The van der Waals surface area contributed by atoms with Gasteiger partial charge < -0.3 is 9.47 Å². The van der Waals surface area contributed by atoms with Crippen LogP contribution in [-0.2, 0) is 20.7 Å². The summed E-state index contributed by atoms with van der Waals surface area (Å²) in [6.07, 6.45) is -2.49. The summed E-state index contributed by atoms with van der Waals surface area (Å²) in [4.78, 5) is 32.8. The molecule has 0 bridgehead atoms. The number of aromatic nitrogens is 3. The largest absolute Gasteiger partial charge is 0.466 e. The van der Waals surface area contributed by atoms with Crippen molar-refractivity contribution in [3.8, 4) is 0 Å². The molecule has 0 saturated carbocycles. The summed E-state index contributed by atoms with van der Waals surface area (Å²) < 4.78 is 25.4. The fraction of sp³-hybridized carbons (Fsp3) is 0.529. The van der Waals surface area contributed by atoms with E-state index < -0.39 is 23.8 Å². The number of alkyl halides is 1. The first-order valence-corrected chi connectivity index (χ1v) is 8.52.